The Kier molecular flexibility index (Phi) is 23.3. The average molecular weight is 890 g/mol. The maximum absolute atomic E-state index is 12.6. The summed E-state index contributed by atoms with van der Waals surface area (Å²) in [7, 11) is 0. The molecule has 0 bridgehead atoms. The van der Waals surface area contributed by atoms with Crippen molar-refractivity contribution in [2.75, 3.05) is 109 Å². The predicted octanol–water partition coefficient (Wildman–Crippen LogP) is -0.906. The number of rotatable bonds is 31. The number of hydrogen-bond acceptors (Lipinski definition) is 17. The lowest BCUT2D eigenvalue weighted by Crippen LogP contribution is -2.60. The number of carbonyl (C=O) groups excluding carboxylic acids is 4. The van der Waals surface area contributed by atoms with E-state index in [4.69, 9.17) is 37.9 Å². The highest BCUT2D eigenvalue weighted by Gasteiger charge is 2.45. The summed E-state index contributed by atoms with van der Waals surface area (Å²) in [5.74, 6) is 0.246. The third kappa shape index (κ3) is 18.9. The Morgan fingerprint density at radius 1 is 0.738 bits per heavy atom. The van der Waals surface area contributed by atoms with Gasteiger partial charge in [-0.15, -0.1) is 0 Å². The fourth-order valence-electron chi connectivity index (χ4n) is 6.53. The van der Waals surface area contributed by atoms with Gasteiger partial charge in [-0.3, -0.25) is 14.4 Å². The maximum Gasteiger partial charge on any atom is 0.315 e. The Morgan fingerprint density at radius 3 is 1.93 bits per heavy atom. The molecule has 8 atom stereocenters. The van der Waals surface area contributed by atoms with Crippen molar-refractivity contribution >= 4 is 46.9 Å². The molecule has 3 aliphatic rings. The third-order valence-corrected chi connectivity index (χ3v) is 11.1. The fraction of sp³-hybridized carbons (Fsp3) is 0.744. The molecule has 0 aliphatic carbocycles. The number of carbonyl (C=O) groups is 4. The summed E-state index contributed by atoms with van der Waals surface area (Å²) in [5, 5.41) is 54.3. The van der Waals surface area contributed by atoms with E-state index >= 15 is 0 Å². The molecule has 3 fully saturated rings. The number of thioether (sulfide) groups is 1. The Labute approximate surface area is 359 Å². The minimum atomic E-state index is -1.65. The fourth-order valence-corrected chi connectivity index (χ4v) is 8.07. The lowest BCUT2D eigenvalue weighted by atomic mass is 9.99. The molecule has 0 aromatic heterocycles. The molecular weight excluding hydrogens is 827 g/mol. The van der Waals surface area contributed by atoms with E-state index in [1.807, 2.05) is 11.8 Å². The first-order valence-corrected chi connectivity index (χ1v) is 21.7. The van der Waals surface area contributed by atoms with Gasteiger partial charge in [-0.25, -0.2) is 4.79 Å². The summed E-state index contributed by atoms with van der Waals surface area (Å²) in [6, 6.07) is 4.68. The molecule has 3 aliphatic heterocycles. The van der Waals surface area contributed by atoms with Gasteiger partial charge in [-0.1, -0.05) is 6.42 Å². The smallest absolute Gasteiger partial charge is 0.315 e. The van der Waals surface area contributed by atoms with Crippen molar-refractivity contribution in [3.63, 3.8) is 0 Å². The van der Waals surface area contributed by atoms with Gasteiger partial charge in [-0.05, 0) is 18.9 Å². The van der Waals surface area contributed by atoms with Gasteiger partial charge in [0, 0.05) is 54.4 Å². The largest absolute Gasteiger partial charge is 0.462 e. The lowest BCUT2D eigenvalue weighted by molar-refractivity contribution is -0.277. The van der Waals surface area contributed by atoms with Crippen molar-refractivity contribution in [3.8, 4) is 5.75 Å². The van der Waals surface area contributed by atoms with Crippen LogP contribution in [0.2, 0.25) is 0 Å². The molecule has 0 spiro atoms. The van der Waals surface area contributed by atoms with Crippen LogP contribution >= 0.6 is 11.8 Å². The molecule has 0 radical (unpaired) electrons. The zero-order chi connectivity index (χ0) is 43.8. The molecule has 5 amide bonds. The predicted molar refractivity (Wildman–Crippen MR) is 220 cm³/mol. The lowest BCUT2D eigenvalue weighted by Gasteiger charge is -2.39. The zero-order valence-corrected chi connectivity index (χ0v) is 35.4. The highest BCUT2D eigenvalue weighted by atomic mass is 32.2. The second-order valence-electron chi connectivity index (χ2n) is 14.4. The van der Waals surface area contributed by atoms with Gasteiger partial charge in [0.25, 0.3) is 0 Å². The molecular formula is C39H63N5O16S. The van der Waals surface area contributed by atoms with Crippen LogP contribution in [0.3, 0.4) is 0 Å². The van der Waals surface area contributed by atoms with Crippen LogP contribution < -0.4 is 31.3 Å². The van der Waals surface area contributed by atoms with Gasteiger partial charge in [0.05, 0.1) is 104 Å². The number of amides is 5. The van der Waals surface area contributed by atoms with Gasteiger partial charge in [0.2, 0.25) is 24.0 Å². The number of aliphatic hydroxyl groups excluding tert-OH is 4. The molecule has 4 rings (SSSR count). The molecule has 1 aromatic carbocycles. The van der Waals surface area contributed by atoms with Gasteiger partial charge < -0.3 is 84.9 Å². The molecule has 0 unspecified atom stereocenters. The molecule has 9 N–H and O–H groups in total. The van der Waals surface area contributed by atoms with E-state index in [2.05, 4.69) is 26.6 Å². The number of urea groups is 1. The normalized spacial score (nSPS) is 24.4. The Hall–Kier alpha value is -3.39. The summed E-state index contributed by atoms with van der Waals surface area (Å²) < 4.78 is 44.0. The van der Waals surface area contributed by atoms with E-state index in [1.165, 1.54) is 25.1 Å². The van der Waals surface area contributed by atoms with Crippen molar-refractivity contribution in [2.45, 2.75) is 87.1 Å². The van der Waals surface area contributed by atoms with Crippen LogP contribution in [0.4, 0.5) is 16.2 Å². The van der Waals surface area contributed by atoms with Gasteiger partial charge in [0.1, 0.15) is 30.2 Å². The molecule has 3 saturated heterocycles. The first-order chi connectivity index (χ1) is 29.5. The quantitative estimate of drug-likeness (QED) is 0.0323. The van der Waals surface area contributed by atoms with Crippen LogP contribution in [0.25, 0.3) is 0 Å². The van der Waals surface area contributed by atoms with Crippen LogP contribution in [0, 0.1) is 0 Å². The highest BCUT2D eigenvalue weighted by molar-refractivity contribution is 8.00. The number of anilines is 2. The summed E-state index contributed by atoms with van der Waals surface area (Å²) >= 11 is 1.88. The van der Waals surface area contributed by atoms with E-state index in [0.29, 0.717) is 84.3 Å². The van der Waals surface area contributed by atoms with Crippen LogP contribution in [-0.4, -0.2) is 190 Å². The van der Waals surface area contributed by atoms with Gasteiger partial charge >= 0.3 is 6.03 Å². The van der Waals surface area contributed by atoms with Crippen molar-refractivity contribution in [1.29, 1.82) is 0 Å². The number of hydrogen-bond donors (Lipinski definition) is 9. The van der Waals surface area contributed by atoms with E-state index < -0.39 is 37.3 Å². The SMILES string of the molecule is CC(=O)Nc1cc(NC(=O)CCOCCOCCOCCOCCOCCOCCNC(=O)CCCC[C@@H]2SC[C@@H]3NC(=O)N[C@@H]32)cc(O[C@H]2O[C@H](CO)[C@@H](O)[C@H](O)[C@H]2O)c1. The molecule has 3 heterocycles. The van der Waals surface area contributed by atoms with Crippen molar-refractivity contribution in [3.05, 3.63) is 18.2 Å². The first-order valence-electron chi connectivity index (χ1n) is 20.7. The monoisotopic (exact) mass is 889 g/mol. The minimum Gasteiger partial charge on any atom is -0.462 e. The standard InChI is InChI=1S/C39H63N5O16S/c1-25(46)41-26-20-27(22-28(21-26)59-38-37(51)36(50)35(49)30(23-45)60-38)42-33(48)6-8-53-10-12-55-14-16-57-18-19-58-17-15-56-13-11-54-9-7-40-32(47)5-3-2-4-31-34-29(24-61-31)43-39(52)44-34/h20-22,29-31,34-38,45,49-51H,2-19,23-24H2,1H3,(H,40,47)(H,41,46)(H,42,48)(H2,43,44,52)/t29-,30+,31-,34-,35+,36-,37+,38-/m0/s1. The zero-order valence-electron chi connectivity index (χ0n) is 34.6. The van der Waals surface area contributed by atoms with Crippen molar-refractivity contribution in [2.24, 2.45) is 0 Å². The number of fused-ring (bicyclic) bond motifs is 1. The van der Waals surface area contributed by atoms with Crippen molar-refractivity contribution < 1.29 is 77.5 Å². The second-order valence-corrected chi connectivity index (χ2v) is 15.7. The van der Waals surface area contributed by atoms with Gasteiger partial charge in [-0.2, -0.15) is 11.8 Å². The van der Waals surface area contributed by atoms with E-state index in [-0.39, 0.29) is 72.6 Å². The number of nitrogens with one attached hydrogen (secondary N) is 5. The van der Waals surface area contributed by atoms with E-state index in [9.17, 15) is 39.6 Å². The Balaban J connectivity index is 0.897. The maximum atomic E-state index is 12.6. The van der Waals surface area contributed by atoms with Crippen LogP contribution in [0.5, 0.6) is 5.75 Å². The van der Waals surface area contributed by atoms with Crippen molar-refractivity contribution in [1.82, 2.24) is 16.0 Å². The number of aliphatic hydroxyl groups is 4. The first kappa shape index (κ1) is 50.3. The molecule has 21 nitrogen and oxygen atoms in total. The third-order valence-electron chi connectivity index (χ3n) is 9.59. The number of ether oxygens (including phenoxy) is 8. The molecule has 346 valence electrons. The molecule has 1 aromatic rings. The molecule has 22 heteroatoms. The topological polar surface area (TPSA) is 283 Å². The van der Waals surface area contributed by atoms with Crippen LogP contribution in [0.1, 0.15) is 39.0 Å². The molecule has 61 heavy (non-hydrogen) atoms. The second kappa shape index (κ2) is 28.3. The summed E-state index contributed by atoms with van der Waals surface area (Å²) in [6.07, 6.45) is -4.23. The van der Waals surface area contributed by atoms with E-state index in [0.717, 1.165) is 25.0 Å². The highest BCUT2D eigenvalue weighted by Crippen LogP contribution is 2.33. The van der Waals surface area contributed by atoms with Crippen LogP contribution in [0.15, 0.2) is 18.2 Å². The minimum absolute atomic E-state index is 0.0159. The summed E-state index contributed by atoms with van der Waals surface area (Å²) in [6.45, 7) is 5.43. The number of unbranched alkanes of at least 4 members (excludes halogenated alkanes) is 1. The Morgan fingerprint density at radius 2 is 1.33 bits per heavy atom. The molecule has 0 saturated carbocycles. The summed E-state index contributed by atoms with van der Waals surface area (Å²) in [4.78, 5) is 47.8. The Bertz CT molecular complexity index is 1480. The van der Waals surface area contributed by atoms with E-state index in [1.54, 1.807) is 0 Å². The number of benzene rings is 1. The summed E-state index contributed by atoms with van der Waals surface area (Å²) in [5.41, 5.74) is 0.526. The van der Waals surface area contributed by atoms with Crippen LogP contribution in [-0.2, 0) is 47.5 Å². The average Bonchev–Trinajstić information content (AvgIpc) is 3.78. The van der Waals surface area contributed by atoms with Gasteiger partial charge in [0.15, 0.2) is 0 Å².